The smallest absolute Gasteiger partial charge is 0.323 e. The molecule has 3 heterocycles. The molecule has 33 heavy (non-hydrogen) atoms. The maximum atomic E-state index is 13.7. The lowest BCUT2D eigenvalue weighted by molar-refractivity contribution is -0.152. The van der Waals surface area contributed by atoms with Crippen molar-refractivity contribution in [2.45, 2.75) is 43.4 Å². The van der Waals surface area contributed by atoms with Crippen LogP contribution in [0.1, 0.15) is 41.7 Å². The third-order valence-electron chi connectivity index (χ3n) is 7.14. The summed E-state index contributed by atoms with van der Waals surface area (Å²) in [6, 6.07) is 14.7. The topological polar surface area (TPSA) is 66.6 Å². The van der Waals surface area contributed by atoms with Crippen LogP contribution in [-0.4, -0.2) is 55.3 Å². The van der Waals surface area contributed by atoms with Gasteiger partial charge in [0.1, 0.15) is 11.9 Å². The van der Waals surface area contributed by atoms with Gasteiger partial charge < -0.3 is 19.8 Å². The number of nitrogens with zero attached hydrogens (tertiary/aromatic N) is 1. The van der Waals surface area contributed by atoms with Gasteiger partial charge in [0.25, 0.3) is 0 Å². The number of aromatic amines is 1. The van der Waals surface area contributed by atoms with Crippen molar-refractivity contribution in [3.05, 3.63) is 71.2 Å². The van der Waals surface area contributed by atoms with Gasteiger partial charge in [-0.1, -0.05) is 30.3 Å². The number of fused-ring (bicyclic) bond motifs is 5. The summed E-state index contributed by atoms with van der Waals surface area (Å²) in [6.07, 6.45) is 2.26. The van der Waals surface area contributed by atoms with Crippen molar-refractivity contribution in [2.75, 3.05) is 27.4 Å². The van der Waals surface area contributed by atoms with Gasteiger partial charge in [-0.25, -0.2) is 4.39 Å². The van der Waals surface area contributed by atoms with E-state index in [1.165, 1.54) is 30.5 Å². The molecule has 4 atom stereocenters. The van der Waals surface area contributed by atoms with Crippen LogP contribution < -0.4 is 5.32 Å². The minimum absolute atomic E-state index is 0.00842. The molecule has 1 aromatic heterocycles. The molecule has 2 aromatic carbocycles. The van der Waals surface area contributed by atoms with E-state index in [4.69, 9.17) is 9.47 Å². The number of carbonyl (C=O) groups excluding carboxylic acids is 1. The van der Waals surface area contributed by atoms with Gasteiger partial charge in [0, 0.05) is 48.8 Å². The van der Waals surface area contributed by atoms with E-state index in [0.717, 1.165) is 35.9 Å². The first-order valence-electron chi connectivity index (χ1n) is 11.5. The Hall–Kier alpha value is -2.74. The number of ether oxygens (including phenoxy) is 2. The van der Waals surface area contributed by atoms with E-state index in [9.17, 15) is 9.18 Å². The normalized spacial score (nSPS) is 24.9. The summed E-state index contributed by atoms with van der Waals surface area (Å²) in [4.78, 5) is 19.0. The second-order valence-electron chi connectivity index (χ2n) is 8.95. The highest BCUT2D eigenvalue weighted by Crippen LogP contribution is 2.48. The molecule has 6 nitrogen and oxygen atoms in total. The first-order valence-corrected chi connectivity index (χ1v) is 11.5. The van der Waals surface area contributed by atoms with E-state index < -0.39 is 6.04 Å². The van der Waals surface area contributed by atoms with Crippen molar-refractivity contribution in [1.29, 1.82) is 0 Å². The molecule has 0 saturated carbocycles. The number of para-hydroxylation sites is 1. The van der Waals surface area contributed by atoms with Gasteiger partial charge in [0.15, 0.2) is 0 Å². The van der Waals surface area contributed by atoms with Crippen molar-refractivity contribution >= 4 is 16.9 Å². The molecule has 2 aliphatic heterocycles. The molecule has 2 N–H and O–H groups in total. The fraction of sp³-hybridized carbons (Fsp3) is 0.423. The molecule has 2 aliphatic rings. The number of methoxy groups -OCH3 is 2. The molecule has 3 aromatic rings. The second-order valence-corrected chi connectivity index (χ2v) is 8.95. The molecule has 0 amide bonds. The summed E-state index contributed by atoms with van der Waals surface area (Å²) >= 11 is 0. The van der Waals surface area contributed by atoms with Crippen LogP contribution in [-0.2, 0) is 20.7 Å². The van der Waals surface area contributed by atoms with Gasteiger partial charge in [-0.15, -0.1) is 0 Å². The van der Waals surface area contributed by atoms with Crippen LogP contribution in [0.2, 0.25) is 0 Å². The molecule has 0 aliphatic carbocycles. The monoisotopic (exact) mass is 451 g/mol. The lowest BCUT2D eigenvalue weighted by Gasteiger charge is -2.50. The third kappa shape index (κ3) is 4.05. The van der Waals surface area contributed by atoms with Crippen molar-refractivity contribution in [3.63, 3.8) is 0 Å². The van der Waals surface area contributed by atoms with Crippen molar-refractivity contribution < 1.29 is 18.7 Å². The zero-order valence-corrected chi connectivity index (χ0v) is 19.0. The number of H-pyrrole nitrogens is 1. The number of hydrogen-bond acceptors (Lipinski definition) is 5. The van der Waals surface area contributed by atoms with E-state index in [2.05, 4.69) is 27.3 Å². The molecule has 7 heteroatoms. The highest BCUT2D eigenvalue weighted by molar-refractivity contribution is 5.87. The first kappa shape index (κ1) is 22.1. The first-order chi connectivity index (χ1) is 16.1. The predicted molar refractivity (Wildman–Crippen MR) is 124 cm³/mol. The molecule has 0 bridgehead atoms. The Morgan fingerprint density at radius 1 is 1.12 bits per heavy atom. The van der Waals surface area contributed by atoms with Gasteiger partial charge in [-0.2, -0.15) is 0 Å². The quantitative estimate of drug-likeness (QED) is 0.440. The Kier molecular flexibility index (Phi) is 6.19. The van der Waals surface area contributed by atoms with E-state index in [-0.39, 0.29) is 29.9 Å². The van der Waals surface area contributed by atoms with Crippen LogP contribution in [0.4, 0.5) is 4.39 Å². The lowest BCUT2D eigenvalue weighted by Crippen LogP contribution is -2.55. The van der Waals surface area contributed by atoms with Crippen molar-refractivity contribution in [3.8, 4) is 0 Å². The SMILES string of the molecule is COCCN[C@H]1C[C@@H]2c3[nH]c4ccccc4c3C[C@@H](C(=O)OC)N2[C@H](c2ccc(F)cc2)C1. The Morgan fingerprint density at radius 3 is 2.64 bits per heavy atom. The third-order valence-corrected chi connectivity index (χ3v) is 7.14. The van der Waals surface area contributed by atoms with E-state index >= 15 is 0 Å². The van der Waals surface area contributed by atoms with Crippen LogP contribution in [0.5, 0.6) is 0 Å². The summed E-state index contributed by atoms with van der Waals surface area (Å²) in [5.74, 6) is -0.490. The van der Waals surface area contributed by atoms with Gasteiger partial charge in [-0.05, 0) is 42.2 Å². The molecular weight excluding hydrogens is 421 g/mol. The average Bonchev–Trinajstić information content (AvgIpc) is 3.22. The number of rotatable bonds is 6. The van der Waals surface area contributed by atoms with Crippen LogP contribution in [0.25, 0.3) is 10.9 Å². The molecule has 0 radical (unpaired) electrons. The fourth-order valence-electron chi connectivity index (χ4n) is 5.69. The van der Waals surface area contributed by atoms with E-state index in [1.54, 1.807) is 7.11 Å². The highest BCUT2D eigenvalue weighted by atomic mass is 19.1. The van der Waals surface area contributed by atoms with Gasteiger partial charge in [0.05, 0.1) is 19.8 Å². The molecule has 174 valence electrons. The molecule has 0 unspecified atom stereocenters. The number of hydrogen-bond donors (Lipinski definition) is 2. The van der Waals surface area contributed by atoms with Crippen LogP contribution in [0.3, 0.4) is 0 Å². The lowest BCUT2D eigenvalue weighted by atomic mass is 9.79. The Balaban J connectivity index is 1.61. The molecule has 1 fully saturated rings. The number of esters is 1. The Morgan fingerprint density at radius 2 is 1.88 bits per heavy atom. The maximum Gasteiger partial charge on any atom is 0.323 e. The largest absolute Gasteiger partial charge is 0.468 e. The van der Waals surface area contributed by atoms with Crippen molar-refractivity contribution in [2.24, 2.45) is 0 Å². The number of nitrogens with one attached hydrogen (secondary N) is 2. The van der Waals surface area contributed by atoms with Crippen molar-refractivity contribution in [1.82, 2.24) is 15.2 Å². The number of carbonyl (C=O) groups is 1. The molecular formula is C26H30FN3O3. The van der Waals surface area contributed by atoms with E-state index in [0.29, 0.717) is 13.0 Å². The number of piperidine rings is 1. The fourth-order valence-corrected chi connectivity index (χ4v) is 5.69. The van der Waals surface area contributed by atoms with Gasteiger partial charge in [0.2, 0.25) is 0 Å². The summed E-state index contributed by atoms with van der Waals surface area (Å²) in [7, 11) is 3.15. The van der Waals surface area contributed by atoms with Gasteiger partial charge >= 0.3 is 5.97 Å². The summed E-state index contributed by atoms with van der Waals surface area (Å²) in [5, 5.41) is 4.79. The number of aromatic nitrogens is 1. The highest BCUT2D eigenvalue weighted by Gasteiger charge is 2.48. The zero-order valence-electron chi connectivity index (χ0n) is 19.0. The van der Waals surface area contributed by atoms with E-state index in [1.807, 2.05) is 24.3 Å². The molecule has 0 spiro atoms. The molecule has 1 saturated heterocycles. The zero-order chi connectivity index (χ0) is 22.9. The molecule has 5 rings (SSSR count). The number of halogens is 1. The average molecular weight is 452 g/mol. The van der Waals surface area contributed by atoms with Gasteiger partial charge in [-0.3, -0.25) is 9.69 Å². The summed E-state index contributed by atoms with van der Waals surface area (Å²) < 4.78 is 24.2. The van der Waals surface area contributed by atoms with Crippen LogP contribution >= 0.6 is 0 Å². The Labute approximate surface area is 193 Å². The Bertz CT molecular complexity index is 1130. The maximum absolute atomic E-state index is 13.7. The second kappa shape index (κ2) is 9.25. The number of benzene rings is 2. The predicted octanol–water partition coefficient (Wildman–Crippen LogP) is 3.89. The van der Waals surface area contributed by atoms with Crippen LogP contribution in [0.15, 0.2) is 48.5 Å². The minimum Gasteiger partial charge on any atom is -0.468 e. The minimum atomic E-state index is -0.401. The standard InChI is InChI=1S/C26H30FN3O3/c1-32-12-11-28-18-13-22(16-7-9-17(27)10-8-16)30-23(14-18)25-20(15-24(30)26(31)33-2)19-5-3-4-6-21(19)29-25/h3-10,18,22-24,28-29H,11-15H2,1-2H3/t18-,22+,23-,24+/m1/s1. The summed E-state index contributed by atoms with van der Waals surface area (Å²) in [6.45, 7) is 1.39. The summed E-state index contributed by atoms with van der Waals surface area (Å²) in [5.41, 5.74) is 4.45. The van der Waals surface area contributed by atoms with Crippen LogP contribution in [0, 0.1) is 5.82 Å².